The van der Waals surface area contributed by atoms with E-state index in [2.05, 4.69) is 26.1 Å². The van der Waals surface area contributed by atoms with Crippen molar-refractivity contribution in [3.05, 3.63) is 28.4 Å². The van der Waals surface area contributed by atoms with Crippen LogP contribution in [0.2, 0.25) is 0 Å². The second-order valence-corrected chi connectivity index (χ2v) is 6.67. The van der Waals surface area contributed by atoms with E-state index in [9.17, 15) is 4.79 Å². The van der Waals surface area contributed by atoms with Gasteiger partial charge in [0.05, 0.1) is 5.52 Å². The lowest BCUT2D eigenvalue weighted by Gasteiger charge is -2.33. The summed E-state index contributed by atoms with van der Waals surface area (Å²) < 4.78 is 0.945. The van der Waals surface area contributed by atoms with Crippen molar-refractivity contribution >= 4 is 45.1 Å². The summed E-state index contributed by atoms with van der Waals surface area (Å²) in [5, 5.41) is 7.99. The van der Waals surface area contributed by atoms with Gasteiger partial charge in [-0.1, -0.05) is 15.9 Å². The van der Waals surface area contributed by atoms with Crippen molar-refractivity contribution in [1.82, 2.24) is 15.1 Å². The van der Waals surface area contributed by atoms with E-state index < -0.39 is 0 Å². The first-order valence-corrected chi connectivity index (χ1v) is 8.04. The van der Waals surface area contributed by atoms with Crippen molar-refractivity contribution in [2.24, 2.45) is 11.7 Å². The highest BCUT2D eigenvalue weighted by Crippen LogP contribution is 2.25. The molecule has 1 amide bonds. The minimum Gasteiger partial charge on any atom is -0.337 e. The molecule has 1 aromatic carbocycles. The number of amides is 1. The third kappa shape index (κ3) is 3.29. The quantitative estimate of drug-likeness (QED) is 0.832. The number of carbonyl (C=O) groups excluding carboxylic acids is 1. The van der Waals surface area contributed by atoms with Gasteiger partial charge in [0, 0.05) is 29.0 Å². The zero-order valence-electron chi connectivity index (χ0n) is 12.4. The number of rotatable bonds is 2. The Morgan fingerprint density at radius 1 is 1.45 bits per heavy atom. The number of benzene rings is 1. The van der Waals surface area contributed by atoms with Crippen LogP contribution in [0.25, 0.3) is 10.9 Å². The van der Waals surface area contributed by atoms with Crippen LogP contribution in [0.15, 0.2) is 22.7 Å². The van der Waals surface area contributed by atoms with Gasteiger partial charge in [0.2, 0.25) is 0 Å². The van der Waals surface area contributed by atoms with E-state index in [0.29, 0.717) is 11.6 Å². The number of halogens is 2. The van der Waals surface area contributed by atoms with Gasteiger partial charge in [-0.3, -0.25) is 9.89 Å². The molecular formula is C15H20BrClN4O. The van der Waals surface area contributed by atoms with Crippen molar-refractivity contribution in [2.45, 2.75) is 25.8 Å². The fraction of sp³-hybridized carbons (Fsp3) is 0.467. The van der Waals surface area contributed by atoms with Gasteiger partial charge in [0.1, 0.15) is 0 Å². The molecule has 2 heterocycles. The Hall–Kier alpha value is -1.11. The SMILES string of the molecule is CC(N)C1CCN(C(=O)c2n[nH]c3ccc(Br)cc23)CC1.Cl. The Morgan fingerprint density at radius 2 is 2.14 bits per heavy atom. The first-order valence-electron chi connectivity index (χ1n) is 7.24. The van der Waals surface area contributed by atoms with E-state index in [-0.39, 0.29) is 24.4 Å². The molecule has 1 unspecified atom stereocenters. The van der Waals surface area contributed by atoms with Crippen LogP contribution in [-0.4, -0.2) is 40.1 Å². The van der Waals surface area contributed by atoms with E-state index in [1.165, 1.54) is 0 Å². The lowest BCUT2D eigenvalue weighted by molar-refractivity contribution is 0.0677. The lowest BCUT2D eigenvalue weighted by atomic mass is 9.91. The summed E-state index contributed by atoms with van der Waals surface area (Å²) in [6, 6.07) is 5.99. The fourth-order valence-electron chi connectivity index (χ4n) is 2.93. The maximum atomic E-state index is 12.7. The van der Waals surface area contributed by atoms with Gasteiger partial charge in [0.15, 0.2) is 5.69 Å². The van der Waals surface area contributed by atoms with Crippen LogP contribution in [0.1, 0.15) is 30.3 Å². The molecule has 120 valence electrons. The van der Waals surface area contributed by atoms with E-state index >= 15 is 0 Å². The van der Waals surface area contributed by atoms with Gasteiger partial charge >= 0.3 is 0 Å². The molecular weight excluding hydrogens is 368 g/mol. The van der Waals surface area contributed by atoms with Crippen LogP contribution >= 0.6 is 28.3 Å². The lowest BCUT2D eigenvalue weighted by Crippen LogP contribution is -2.42. The number of aromatic nitrogens is 2. The first-order chi connectivity index (χ1) is 10.1. The van der Waals surface area contributed by atoms with Gasteiger partial charge in [-0.15, -0.1) is 12.4 Å². The standard InChI is InChI=1S/C15H19BrN4O.ClH/c1-9(17)10-4-6-20(7-5-10)15(21)14-12-8-11(16)2-3-13(12)18-19-14;/h2-3,8-10H,4-7,17H2,1H3,(H,18,19);1H. The minimum atomic E-state index is 0. The molecule has 1 saturated heterocycles. The number of hydrogen-bond acceptors (Lipinski definition) is 3. The molecule has 1 aliphatic rings. The third-order valence-corrected chi connectivity index (χ3v) is 4.79. The summed E-state index contributed by atoms with van der Waals surface area (Å²) in [4.78, 5) is 14.5. The Morgan fingerprint density at radius 3 is 2.77 bits per heavy atom. The van der Waals surface area contributed by atoms with E-state index in [1.807, 2.05) is 30.0 Å². The number of piperidine rings is 1. The number of likely N-dealkylation sites (tertiary alicyclic amines) is 1. The Kier molecular flexibility index (Phi) is 5.47. The maximum absolute atomic E-state index is 12.7. The fourth-order valence-corrected chi connectivity index (χ4v) is 3.29. The summed E-state index contributed by atoms with van der Waals surface area (Å²) in [5.41, 5.74) is 7.33. The molecule has 0 spiro atoms. The van der Waals surface area contributed by atoms with Gasteiger partial charge in [-0.25, -0.2) is 0 Å². The van der Waals surface area contributed by atoms with Gasteiger partial charge in [-0.2, -0.15) is 5.10 Å². The zero-order valence-corrected chi connectivity index (χ0v) is 14.8. The number of nitrogens with two attached hydrogens (primary N) is 1. The molecule has 0 aliphatic carbocycles. The molecule has 5 nitrogen and oxygen atoms in total. The number of hydrogen-bond donors (Lipinski definition) is 2. The number of fused-ring (bicyclic) bond motifs is 1. The molecule has 3 N–H and O–H groups in total. The zero-order chi connectivity index (χ0) is 15.0. The van der Waals surface area contributed by atoms with E-state index in [4.69, 9.17) is 5.73 Å². The highest BCUT2D eigenvalue weighted by Gasteiger charge is 2.27. The minimum absolute atomic E-state index is 0. The van der Waals surface area contributed by atoms with Gasteiger partial charge < -0.3 is 10.6 Å². The predicted molar refractivity (Wildman–Crippen MR) is 93.3 cm³/mol. The van der Waals surface area contributed by atoms with Crippen LogP contribution in [0.5, 0.6) is 0 Å². The van der Waals surface area contributed by atoms with Crippen molar-refractivity contribution in [3.8, 4) is 0 Å². The highest BCUT2D eigenvalue weighted by atomic mass is 79.9. The van der Waals surface area contributed by atoms with Gasteiger partial charge in [-0.05, 0) is 43.9 Å². The summed E-state index contributed by atoms with van der Waals surface area (Å²) >= 11 is 3.44. The smallest absolute Gasteiger partial charge is 0.274 e. The molecule has 0 saturated carbocycles. The molecule has 0 radical (unpaired) electrons. The summed E-state index contributed by atoms with van der Waals surface area (Å²) in [6.45, 7) is 3.56. The maximum Gasteiger partial charge on any atom is 0.274 e. The number of carbonyl (C=O) groups is 1. The second kappa shape index (κ2) is 6.98. The van der Waals surface area contributed by atoms with Crippen molar-refractivity contribution in [1.29, 1.82) is 0 Å². The van der Waals surface area contributed by atoms with E-state index in [0.717, 1.165) is 41.3 Å². The first kappa shape index (κ1) is 17.2. The van der Waals surface area contributed by atoms with Crippen LogP contribution < -0.4 is 5.73 Å². The van der Waals surface area contributed by atoms with Crippen LogP contribution in [-0.2, 0) is 0 Å². The number of nitrogens with zero attached hydrogens (tertiary/aromatic N) is 2. The summed E-state index contributed by atoms with van der Waals surface area (Å²) in [7, 11) is 0. The van der Waals surface area contributed by atoms with Gasteiger partial charge in [0.25, 0.3) is 5.91 Å². The molecule has 3 rings (SSSR count). The highest BCUT2D eigenvalue weighted by molar-refractivity contribution is 9.10. The molecule has 2 aromatic rings. The number of aromatic amines is 1. The summed E-state index contributed by atoms with van der Waals surface area (Å²) in [5.74, 6) is 0.515. The monoisotopic (exact) mass is 386 g/mol. The molecule has 0 bridgehead atoms. The second-order valence-electron chi connectivity index (χ2n) is 5.75. The van der Waals surface area contributed by atoms with Crippen LogP contribution in [0.4, 0.5) is 0 Å². The Balaban J connectivity index is 0.00000176. The molecule has 1 atom stereocenters. The van der Waals surface area contributed by atoms with Crippen molar-refractivity contribution in [2.75, 3.05) is 13.1 Å². The molecule has 1 aromatic heterocycles. The topological polar surface area (TPSA) is 75.0 Å². The third-order valence-electron chi connectivity index (χ3n) is 4.30. The van der Waals surface area contributed by atoms with Crippen molar-refractivity contribution < 1.29 is 4.79 Å². The Labute approximate surface area is 144 Å². The van der Waals surface area contributed by atoms with Crippen LogP contribution in [0, 0.1) is 5.92 Å². The number of nitrogens with one attached hydrogen (secondary N) is 1. The van der Waals surface area contributed by atoms with E-state index in [1.54, 1.807) is 0 Å². The average molecular weight is 388 g/mol. The molecule has 22 heavy (non-hydrogen) atoms. The summed E-state index contributed by atoms with van der Waals surface area (Å²) in [6.07, 6.45) is 1.94. The molecule has 1 fully saturated rings. The number of H-pyrrole nitrogens is 1. The molecule has 1 aliphatic heterocycles. The van der Waals surface area contributed by atoms with Crippen LogP contribution in [0.3, 0.4) is 0 Å². The average Bonchev–Trinajstić information content (AvgIpc) is 2.89. The van der Waals surface area contributed by atoms with Crippen molar-refractivity contribution in [3.63, 3.8) is 0 Å². The largest absolute Gasteiger partial charge is 0.337 e. The predicted octanol–water partition coefficient (Wildman–Crippen LogP) is 2.95. The normalized spacial score (nSPS) is 17.3. The Bertz CT molecular complexity index is 665. The molecule has 7 heteroatoms.